The second-order valence-corrected chi connectivity index (χ2v) is 9.13. The number of likely N-dealkylation sites (tertiary alicyclic amines) is 1. The molecular weight excluding hydrogens is 451 g/mol. The number of nitrogens with one attached hydrogen (secondary N) is 1. The molecule has 1 aromatic rings. The van der Waals surface area contributed by atoms with Gasteiger partial charge in [0.15, 0.2) is 0 Å². The fourth-order valence-electron chi connectivity index (χ4n) is 4.81. The quantitative estimate of drug-likeness (QED) is 0.654. The molecule has 2 aliphatic rings. The zero-order valence-electron chi connectivity index (χ0n) is 19.6. The number of rotatable bonds is 5. The van der Waals surface area contributed by atoms with Crippen LogP contribution in [-0.2, 0) is 15.7 Å². The first-order valence-corrected chi connectivity index (χ1v) is 11.1. The van der Waals surface area contributed by atoms with Crippen molar-refractivity contribution in [2.24, 2.45) is 5.41 Å². The molecule has 0 radical (unpaired) electrons. The van der Waals surface area contributed by atoms with Crippen LogP contribution in [0.1, 0.15) is 30.4 Å². The third-order valence-corrected chi connectivity index (χ3v) is 6.69. The van der Waals surface area contributed by atoms with E-state index >= 15 is 0 Å². The van der Waals surface area contributed by atoms with Crippen LogP contribution >= 0.6 is 0 Å². The highest BCUT2D eigenvalue weighted by molar-refractivity contribution is 5.86. The lowest BCUT2D eigenvalue weighted by Gasteiger charge is -2.39. The number of benzene rings is 1. The van der Waals surface area contributed by atoms with Gasteiger partial charge in [-0.05, 0) is 42.9 Å². The largest absolute Gasteiger partial charge is 0.417 e. The number of alkyl halides is 3. The molecule has 34 heavy (non-hydrogen) atoms. The van der Waals surface area contributed by atoms with Crippen LogP contribution in [-0.4, -0.2) is 81.8 Å². The predicted octanol–water partition coefficient (Wildman–Crippen LogP) is 2.68. The number of amides is 3. The first-order chi connectivity index (χ1) is 16.0. The molecule has 1 unspecified atom stereocenters. The zero-order valence-corrected chi connectivity index (χ0v) is 19.6. The number of hydrogen-bond donors (Lipinski definition) is 1. The number of methoxy groups -OCH3 is 1. The van der Waals surface area contributed by atoms with Gasteiger partial charge in [-0.3, -0.25) is 4.79 Å². The Kier molecular flexibility index (Phi) is 7.60. The minimum absolute atomic E-state index is 0.176. The van der Waals surface area contributed by atoms with Gasteiger partial charge in [0.25, 0.3) is 0 Å². The van der Waals surface area contributed by atoms with Crippen molar-refractivity contribution in [2.45, 2.75) is 31.5 Å². The summed E-state index contributed by atoms with van der Waals surface area (Å²) in [4.78, 5) is 30.3. The van der Waals surface area contributed by atoms with E-state index in [0.717, 1.165) is 12.1 Å². The van der Waals surface area contributed by atoms with Gasteiger partial charge in [-0.1, -0.05) is 0 Å². The third-order valence-electron chi connectivity index (χ3n) is 6.69. The molecule has 2 aliphatic heterocycles. The van der Waals surface area contributed by atoms with Gasteiger partial charge in [0.2, 0.25) is 5.91 Å². The molecule has 3 amide bonds. The van der Waals surface area contributed by atoms with Crippen LogP contribution < -0.4 is 10.2 Å². The van der Waals surface area contributed by atoms with Crippen molar-refractivity contribution in [3.8, 4) is 6.07 Å². The van der Waals surface area contributed by atoms with Gasteiger partial charge in [0.05, 0.1) is 23.8 Å². The number of likely N-dealkylation sites (N-methyl/N-ethyl adjacent to an activating group) is 1. The normalized spacial score (nSPS) is 19.7. The van der Waals surface area contributed by atoms with E-state index in [0.29, 0.717) is 52.0 Å². The monoisotopic (exact) mass is 481 g/mol. The number of ether oxygens (including phenoxy) is 1. The van der Waals surface area contributed by atoms with Crippen LogP contribution in [0.3, 0.4) is 0 Å². The van der Waals surface area contributed by atoms with Crippen LogP contribution in [0.4, 0.5) is 23.7 Å². The van der Waals surface area contributed by atoms with Crippen LogP contribution in [0.15, 0.2) is 18.2 Å². The van der Waals surface area contributed by atoms with Crippen molar-refractivity contribution in [1.82, 2.24) is 15.1 Å². The van der Waals surface area contributed by atoms with Crippen LogP contribution in [0.25, 0.3) is 0 Å². The second-order valence-electron chi connectivity index (χ2n) is 9.13. The van der Waals surface area contributed by atoms with Gasteiger partial charge in [0, 0.05) is 53.1 Å². The molecule has 2 saturated heterocycles. The Balaban J connectivity index is 1.83. The standard InChI is InChI=1S/C23H30F3N5O3/c1-29(2)20(32)19-13-22(6-9-30(10-7-22)21(33)28-8-11-34-3)15-31(19)17-5-4-16(14-27)18(12-17)23(24,25)26/h4-5,12,19H,6-11,13,15H2,1-3H3,(H,28,33). The van der Waals surface area contributed by atoms with Crippen molar-refractivity contribution >= 4 is 17.6 Å². The summed E-state index contributed by atoms with van der Waals surface area (Å²) in [5.41, 5.74) is -1.49. The first-order valence-electron chi connectivity index (χ1n) is 11.1. The van der Waals surface area contributed by atoms with Crippen molar-refractivity contribution < 1.29 is 27.5 Å². The molecule has 2 heterocycles. The number of carbonyl (C=O) groups is 2. The summed E-state index contributed by atoms with van der Waals surface area (Å²) in [5, 5.41) is 11.9. The lowest BCUT2D eigenvalue weighted by molar-refractivity contribution is -0.137. The van der Waals surface area contributed by atoms with E-state index < -0.39 is 23.3 Å². The Labute approximate surface area is 197 Å². The molecule has 1 spiro atoms. The van der Waals surface area contributed by atoms with Crippen LogP contribution in [0.5, 0.6) is 0 Å². The van der Waals surface area contributed by atoms with Gasteiger partial charge in [-0.2, -0.15) is 18.4 Å². The molecular formula is C23H30F3N5O3. The smallest absolute Gasteiger partial charge is 0.383 e. The van der Waals surface area contributed by atoms with Gasteiger partial charge in [-0.25, -0.2) is 4.79 Å². The summed E-state index contributed by atoms with van der Waals surface area (Å²) in [5.74, 6) is -0.186. The Morgan fingerprint density at radius 3 is 2.53 bits per heavy atom. The number of nitriles is 1. The molecule has 1 N–H and O–H groups in total. The van der Waals surface area contributed by atoms with E-state index in [1.165, 1.54) is 11.0 Å². The molecule has 8 nitrogen and oxygen atoms in total. The third kappa shape index (κ3) is 5.38. The van der Waals surface area contributed by atoms with Crippen molar-refractivity contribution in [3.05, 3.63) is 29.3 Å². The Hall–Kier alpha value is -3.00. The molecule has 1 aromatic carbocycles. The van der Waals surface area contributed by atoms with Gasteiger partial charge in [-0.15, -0.1) is 0 Å². The maximum Gasteiger partial charge on any atom is 0.417 e. The predicted molar refractivity (Wildman–Crippen MR) is 119 cm³/mol. The highest BCUT2D eigenvalue weighted by atomic mass is 19.4. The molecule has 2 fully saturated rings. The Morgan fingerprint density at radius 2 is 1.97 bits per heavy atom. The minimum atomic E-state index is -4.68. The van der Waals surface area contributed by atoms with E-state index in [1.807, 2.05) is 0 Å². The zero-order chi connectivity index (χ0) is 25.1. The first kappa shape index (κ1) is 25.6. The van der Waals surface area contributed by atoms with E-state index in [9.17, 15) is 22.8 Å². The molecule has 3 rings (SSSR count). The highest BCUT2D eigenvalue weighted by Gasteiger charge is 2.49. The van der Waals surface area contributed by atoms with Gasteiger partial charge in [0.1, 0.15) is 6.04 Å². The molecule has 11 heteroatoms. The summed E-state index contributed by atoms with van der Waals surface area (Å²) in [6.45, 7) is 2.22. The topological polar surface area (TPSA) is 88.9 Å². The number of nitrogens with zero attached hydrogens (tertiary/aromatic N) is 4. The summed E-state index contributed by atoms with van der Waals surface area (Å²) >= 11 is 0. The number of piperidine rings is 1. The fraction of sp³-hybridized carbons (Fsp3) is 0.609. The van der Waals surface area contributed by atoms with Crippen molar-refractivity contribution in [1.29, 1.82) is 5.26 Å². The van der Waals surface area contributed by atoms with E-state index in [1.54, 1.807) is 37.1 Å². The second kappa shape index (κ2) is 10.1. The molecule has 0 saturated carbocycles. The average molecular weight is 482 g/mol. The van der Waals surface area contributed by atoms with Gasteiger partial charge < -0.3 is 24.8 Å². The van der Waals surface area contributed by atoms with Crippen LogP contribution in [0, 0.1) is 16.7 Å². The number of anilines is 1. The molecule has 0 aliphatic carbocycles. The molecule has 186 valence electrons. The van der Waals surface area contributed by atoms with E-state index in [2.05, 4.69) is 5.32 Å². The molecule has 1 atom stereocenters. The Bertz CT molecular complexity index is 952. The lowest BCUT2D eigenvalue weighted by atomic mass is 9.76. The number of urea groups is 1. The number of hydrogen-bond acceptors (Lipinski definition) is 5. The highest BCUT2D eigenvalue weighted by Crippen LogP contribution is 2.46. The number of carbonyl (C=O) groups excluding carboxylic acids is 2. The van der Waals surface area contributed by atoms with Crippen molar-refractivity contribution in [3.63, 3.8) is 0 Å². The maximum absolute atomic E-state index is 13.6. The summed E-state index contributed by atoms with van der Waals surface area (Å²) < 4.78 is 45.6. The average Bonchev–Trinajstić information content (AvgIpc) is 3.16. The number of halogens is 3. The van der Waals surface area contributed by atoms with E-state index in [-0.39, 0.29) is 23.0 Å². The summed E-state index contributed by atoms with van der Waals surface area (Å²) in [7, 11) is 4.80. The fourth-order valence-corrected chi connectivity index (χ4v) is 4.81. The van der Waals surface area contributed by atoms with Crippen molar-refractivity contribution in [2.75, 3.05) is 58.9 Å². The minimum Gasteiger partial charge on any atom is -0.383 e. The lowest BCUT2D eigenvalue weighted by Crippen LogP contribution is -2.48. The van der Waals surface area contributed by atoms with Crippen LogP contribution in [0.2, 0.25) is 0 Å². The van der Waals surface area contributed by atoms with E-state index in [4.69, 9.17) is 10.00 Å². The summed E-state index contributed by atoms with van der Waals surface area (Å²) in [6.07, 6.45) is -2.91. The Morgan fingerprint density at radius 1 is 1.29 bits per heavy atom. The molecule has 0 aromatic heterocycles. The van der Waals surface area contributed by atoms with Gasteiger partial charge >= 0.3 is 12.2 Å². The maximum atomic E-state index is 13.6. The SMILES string of the molecule is COCCNC(=O)N1CCC2(CC1)CC(C(=O)N(C)C)N(c1ccc(C#N)c(C(F)(F)F)c1)C2. The molecule has 0 bridgehead atoms. The summed E-state index contributed by atoms with van der Waals surface area (Å²) in [6, 6.07) is 4.40.